The van der Waals surface area contributed by atoms with Crippen LogP contribution in [0.25, 0.3) is 0 Å². The van der Waals surface area contributed by atoms with Gasteiger partial charge in [-0.15, -0.1) is 12.4 Å². The molecule has 7 heteroatoms. The lowest BCUT2D eigenvalue weighted by Crippen LogP contribution is -2.38. The standard InChI is InChI=1S/C17H21ClN4O.ClH/c1-19-16(14-9-20-21(2)10-14)17(23)22-8-7-13(11-22)12-3-5-15(18)6-4-12;/h3-6,9-10,13,16,19H,7-8,11H2,1-2H3;1H. The summed E-state index contributed by atoms with van der Waals surface area (Å²) in [4.78, 5) is 14.8. The molecule has 24 heavy (non-hydrogen) atoms. The summed E-state index contributed by atoms with van der Waals surface area (Å²) in [5.41, 5.74) is 2.14. The third-order valence-electron chi connectivity index (χ3n) is 4.44. The SMILES string of the molecule is CNC(C(=O)N1CCC(c2ccc(Cl)cc2)C1)c1cnn(C)c1.Cl. The van der Waals surface area contributed by atoms with Crippen LogP contribution in [0.2, 0.25) is 5.02 Å². The van der Waals surface area contributed by atoms with Gasteiger partial charge in [0.15, 0.2) is 0 Å². The van der Waals surface area contributed by atoms with Crippen LogP contribution < -0.4 is 5.32 Å². The number of nitrogens with zero attached hydrogens (tertiary/aromatic N) is 3. The Morgan fingerprint density at radius 2 is 2.08 bits per heavy atom. The molecule has 1 saturated heterocycles. The second-order valence-electron chi connectivity index (χ2n) is 5.99. The molecule has 3 rings (SSSR count). The summed E-state index contributed by atoms with van der Waals surface area (Å²) in [6.45, 7) is 1.53. The van der Waals surface area contributed by atoms with E-state index in [-0.39, 0.29) is 24.4 Å². The first-order valence-electron chi connectivity index (χ1n) is 7.78. The molecule has 2 atom stereocenters. The van der Waals surface area contributed by atoms with Crippen LogP contribution in [-0.2, 0) is 11.8 Å². The van der Waals surface area contributed by atoms with E-state index in [1.807, 2.05) is 37.3 Å². The van der Waals surface area contributed by atoms with Gasteiger partial charge >= 0.3 is 0 Å². The number of nitrogens with one attached hydrogen (secondary N) is 1. The van der Waals surface area contributed by atoms with Crippen LogP contribution in [0.15, 0.2) is 36.7 Å². The van der Waals surface area contributed by atoms with Crippen molar-refractivity contribution in [2.75, 3.05) is 20.1 Å². The molecule has 1 aliphatic heterocycles. The van der Waals surface area contributed by atoms with Crippen LogP contribution in [0.3, 0.4) is 0 Å². The maximum Gasteiger partial charge on any atom is 0.244 e. The van der Waals surface area contributed by atoms with Gasteiger partial charge in [-0.05, 0) is 31.2 Å². The van der Waals surface area contributed by atoms with Crippen LogP contribution in [0.4, 0.5) is 0 Å². The van der Waals surface area contributed by atoms with Crippen LogP contribution >= 0.6 is 24.0 Å². The molecule has 1 aliphatic rings. The highest BCUT2D eigenvalue weighted by atomic mass is 35.5. The number of benzene rings is 1. The quantitative estimate of drug-likeness (QED) is 0.902. The maximum absolute atomic E-state index is 12.8. The largest absolute Gasteiger partial charge is 0.340 e. The van der Waals surface area contributed by atoms with E-state index in [4.69, 9.17) is 11.6 Å². The number of hydrogen-bond donors (Lipinski definition) is 1. The van der Waals surface area contributed by atoms with Gasteiger partial charge in [-0.2, -0.15) is 5.10 Å². The number of amides is 1. The molecule has 2 heterocycles. The zero-order valence-electron chi connectivity index (χ0n) is 13.8. The summed E-state index contributed by atoms with van der Waals surface area (Å²) in [6, 6.07) is 7.59. The minimum atomic E-state index is -0.340. The lowest BCUT2D eigenvalue weighted by atomic mass is 9.99. The number of carbonyl (C=O) groups excluding carboxylic acids is 1. The van der Waals surface area contributed by atoms with Gasteiger partial charge in [-0.25, -0.2) is 0 Å². The second kappa shape index (κ2) is 8.01. The van der Waals surface area contributed by atoms with Crippen molar-refractivity contribution in [1.29, 1.82) is 0 Å². The molecule has 2 unspecified atom stereocenters. The first-order chi connectivity index (χ1) is 11.1. The Bertz CT molecular complexity index is 686. The van der Waals surface area contributed by atoms with Crippen molar-refractivity contribution in [2.24, 2.45) is 7.05 Å². The van der Waals surface area contributed by atoms with Gasteiger partial charge in [0.25, 0.3) is 0 Å². The molecule has 0 bridgehead atoms. The number of halogens is 2. The van der Waals surface area contributed by atoms with Crippen molar-refractivity contribution in [3.05, 3.63) is 52.8 Å². The number of likely N-dealkylation sites (N-methyl/N-ethyl adjacent to an activating group) is 1. The molecular formula is C17H22Cl2N4O. The molecule has 1 fully saturated rings. The monoisotopic (exact) mass is 368 g/mol. The van der Waals surface area contributed by atoms with Gasteiger partial charge in [0.1, 0.15) is 6.04 Å². The summed E-state index contributed by atoms with van der Waals surface area (Å²) in [7, 11) is 3.66. The highest BCUT2D eigenvalue weighted by Crippen LogP contribution is 2.29. The smallest absolute Gasteiger partial charge is 0.244 e. The number of carbonyl (C=O) groups is 1. The number of aromatic nitrogens is 2. The van der Waals surface area contributed by atoms with Gasteiger partial charge in [-0.3, -0.25) is 9.48 Å². The Morgan fingerprint density at radius 3 is 2.67 bits per heavy atom. The minimum Gasteiger partial charge on any atom is -0.340 e. The van der Waals surface area contributed by atoms with Crippen molar-refractivity contribution in [3.8, 4) is 0 Å². The first-order valence-corrected chi connectivity index (χ1v) is 8.16. The van der Waals surface area contributed by atoms with E-state index >= 15 is 0 Å². The molecule has 1 aromatic heterocycles. The molecule has 1 amide bonds. The summed E-state index contributed by atoms with van der Waals surface area (Å²) in [5, 5.41) is 8.01. The fourth-order valence-corrected chi connectivity index (χ4v) is 3.30. The van der Waals surface area contributed by atoms with Crippen LogP contribution in [-0.4, -0.2) is 40.7 Å². The van der Waals surface area contributed by atoms with E-state index in [1.165, 1.54) is 5.56 Å². The van der Waals surface area contributed by atoms with Gasteiger partial charge in [0.05, 0.1) is 6.20 Å². The summed E-state index contributed by atoms with van der Waals surface area (Å²) >= 11 is 5.95. The number of aryl methyl sites for hydroxylation is 1. The van der Waals surface area contributed by atoms with E-state index in [2.05, 4.69) is 22.5 Å². The molecule has 1 aromatic carbocycles. The van der Waals surface area contributed by atoms with Crippen LogP contribution in [0.5, 0.6) is 0 Å². The molecule has 2 aromatic rings. The van der Waals surface area contributed by atoms with Gasteiger partial charge in [0, 0.05) is 42.8 Å². The molecular weight excluding hydrogens is 347 g/mol. The second-order valence-corrected chi connectivity index (χ2v) is 6.43. The van der Waals surface area contributed by atoms with E-state index < -0.39 is 0 Å². The lowest BCUT2D eigenvalue weighted by Gasteiger charge is -2.22. The first kappa shape index (κ1) is 18.8. The summed E-state index contributed by atoms with van der Waals surface area (Å²) in [5.74, 6) is 0.486. The van der Waals surface area contributed by atoms with Gasteiger partial charge < -0.3 is 10.2 Å². The average Bonchev–Trinajstić information content (AvgIpc) is 3.18. The van der Waals surface area contributed by atoms with Crippen molar-refractivity contribution >= 4 is 29.9 Å². The highest BCUT2D eigenvalue weighted by Gasteiger charge is 2.32. The summed E-state index contributed by atoms with van der Waals surface area (Å²) in [6.07, 6.45) is 4.61. The predicted molar refractivity (Wildman–Crippen MR) is 97.6 cm³/mol. The molecule has 0 radical (unpaired) electrons. The third kappa shape index (κ3) is 3.91. The van der Waals surface area contributed by atoms with Gasteiger partial charge in [-0.1, -0.05) is 23.7 Å². The van der Waals surface area contributed by atoms with Crippen molar-refractivity contribution in [1.82, 2.24) is 20.0 Å². The van der Waals surface area contributed by atoms with Crippen LogP contribution in [0.1, 0.15) is 29.5 Å². The van der Waals surface area contributed by atoms with Crippen molar-refractivity contribution in [2.45, 2.75) is 18.4 Å². The Hall–Kier alpha value is -1.56. The van der Waals surface area contributed by atoms with Crippen molar-refractivity contribution in [3.63, 3.8) is 0 Å². The average molecular weight is 369 g/mol. The van der Waals surface area contributed by atoms with E-state index in [0.717, 1.165) is 30.1 Å². The molecule has 5 nitrogen and oxygen atoms in total. The van der Waals surface area contributed by atoms with E-state index in [9.17, 15) is 4.79 Å². The van der Waals surface area contributed by atoms with Crippen molar-refractivity contribution < 1.29 is 4.79 Å². The summed E-state index contributed by atoms with van der Waals surface area (Å²) < 4.78 is 1.72. The molecule has 1 N–H and O–H groups in total. The third-order valence-corrected chi connectivity index (χ3v) is 4.69. The topological polar surface area (TPSA) is 50.2 Å². The zero-order chi connectivity index (χ0) is 16.4. The minimum absolute atomic E-state index is 0. The number of rotatable bonds is 4. The normalized spacial score (nSPS) is 18.3. The molecule has 130 valence electrons. The Balaban J connectivity index is 0.00000208. The fraction of sp³-hybridized carbons (Fsp3) is 0.412. The zero-order valence-corrected chi connectivity index (χ0v) is 15.3. The number of hydrogen-bond acceptors (Lipinski definition) is 3. The Morgan fingerprint density at radius 1 is 1.38 bits per heavy atom. The van der Waals surface area contributed by atoms with E-state index in [0.29, 0.717) is 5.92 Å². The lowest BCUT2D eigenvalue weighted by molar-refractivity contribution is -0.132. The fourth-order valence-electron chi connectivity index (χ4n) is 3.17. The number of likely N-dealkylation sites (tertiary alicyclic amines) is 1. The van der Waals surface area contributed by atoms with Crippen LogP contribution in [0, 0.1) is 0 Å². The molecule has 0 aliphatic carbocycles. The van der Waals surface area contributed by atoms with E-state index in [1.54, 1.807) is 10.9 Å². The maximum atomic E-state index is 12.8. The molecule has 0 spiro atoms. The molecule has 0 saturated carbocycles. The highest BCUT2D eigenvalue weighted by molar-refractivity contribution is 6.30. The Labute approximate surface area is 153 Å². The Kier molecular flexibility index (Phi) is 6.27. The predicted octanol–water partition coefficient (Wildman–Crippen LogP) is 2.77. The van der Waals surface area contributed by atoms with Gasteiger partial charge in [0.2, 0.25) is 5.91 Å².